The molecule has 6 heteroatoms. The molecule has 0 spiro atoms. The fraction of sp³-hybridized carbons (Fsp3) is 0.176. The quantitative estimate of drug-likeness (QED) is 0.512. The Bertz CT molecular complexity index is 785. The lowest BCUT2D eigenvalue weighted by molar-refractivity contribution is -0.599. The molecule has 0 fully saturated rings. The standard InChI is InChI=1S/C17H15N3O2S/c21-12-15-16(19-17(22)23-15)20-10-6-14(7-11-20)3-1-2-13-4-8-18-9-5-13/h4-12H,1-3H2. The Labute approximate surface area is 137 Å². The van der Waals surface area contributed by atoms with Crippen LogP contribution >= 0.6 is 11.3 Å². The molecule has 3 heterocycles. The fourth-order valence-corrected chi connectivity index (χ4v) is 2.99. The summed E-state index contributed by atoms with van der Waals surface area (Å²) in [5.74, 6) is 0.401. The van der Waals surface area contributed by atoms with Crippen molar-refractivity contribution in [1.82, 2.24) is 9.97 Å². The van der Waals surface area contributed by atoms with Crippen LogP contribution in [0.2, 0.25) is 0 Å². The highest BCUT2D eigenvalue weighted by Gasteiger charge is 2.17. The maximum absolute atomic E-state index is 11.3. The third-order valence-electron chi connectivity index (χ3n) is 3.55. The van der Waals surface area contributed by atoms with E-state index in [-0.39, 0.29) is 5.19 Å². The number of hydrogen-bond acceptors (Lipinski definition) is 5. The lowest BCUT2D eigenvalue weighted by atomic mass is 10.1. The molecule has 0 N–H and O–H groups in total. The van der Waals surface area contributed by atoms with E-state index in [0.29, 0.717) is 17.0 Å². The summed E-state index contributed by atoms with van der Waals surface area (Å²) in [6.07, 6.45) is 11.0. The molecule has 0 aliphatic rings. The zero-order chi connectivity index (χ0) is 16.1. The van der Waals surface area contributed by atoms with Gasteiger partial charge in [0.1, 0.15) is 0 Å². The first-order valence-electron chi connectivity index (χ1n) is 7.29. The first kappa shape index (κ1) is 15.3. The molecule has 0 aromatic carbocycles. The number of hydrogen-bond donors (Lipinski definition) is 0. The van der Waals surface area contributed by atoms with E-state index >= 15 is 0 Å². The summed E-state index contributed by atoms with van der Waals surface area (Å²) >= 11 is 0.864. The van der Waals surface area contributed by atoms with Gasteiger partial charge in [0.25, 0.3) is 0 Å². The summed E-state index contributed by atoms with van der Waals surface area (Å²) in [6.45, 7) is 0. The zero-order valence-electron chi connectivity index (χ0n) is 12.4. The molecule has 0 atom stereocenters. The van der Waals surface area contributed by atoms with Gasteiger partial charge in [0.05, 0.1) is 12.4 Å². The maximum atomic E-state index is 11.3. The van der Waals surface area contributed by atoms with E-state index in [1.54, 1.807) is 4.57 Å². The summed E-state index contributed by atoms with van der Waals surface area (Å²) in [6, 6.07) is 8.04. The van der Waals surface area contributed by atoms with Crippen LogP contribution in [0, 0.1) is 0 Å². The molecule has 0 bridgehead atoms. The van der Waals surface area contributed by atoms with Crippen molar-refractivity contribution in [3.05, 3.63) is 65.1 Å². The largest absolute Gasteiger partial charge is 0.831 e. The molecule has 0 saturated carbocycles. The molecular formula is C17H15N3O2S. The Morgan fingerprint density at radius 1 is 1.09 bits per heavy atom. The molecule has 3 aromatic heterocycles. The number of thiazole rings is 1. The number of aldehydes is 1. The van der Waals surface area contributed by atoms with Crippen molar-refractivity contribution in [2.75, 3.05) is 0 Å². The summed E-state index contributed by atoms with van der Waals surface area (Å²) in [7, 11) is 0. The van der Waals surface area contributed by atoms with Crippen molar-refractivity contribution in [1.29, 1.82) is 0 Å². The zero-order valence-corrected chi connectivity index (χ0v) is 13.2. The number of carbonyl (C=O) groups is 1. The Hall–Kier alpha value is -2.60. The lowest BCUT2D eigenvalue weighted by Gasteiger charge is -2.02. The summed E-state index contributed by atoms with van der Waals surface area (Å²) < 4.78 is 1.70. The molecule has 3 rings (SSSR count). The molecule has 0 aliphatic carbocycles. The molecule has 116 valence electrons. The van der Waals surface area contributed by atoms with Crippen LogP contribution in [0.5, 0.6) is 5.19 Å². The summed E-state index contributed by atoms with van der Waals surface area (Å²) in [5, 5.41) is 11.0. The fourth-order valence-electron chi connectivity index (χ4n) is 2.38. The first-order valence-corrected chi connectivity index (χ1v) is 8.10. The van der Waals surface area contributed by atoms with E-state index in [1.165, 1.54) is 11.1 Å². The minimum Gasteiger partial charge on any atom is -0.831 e. The second kappa shape index (κ2) is 7.11. The van der Waals surface area contributed by atoms with E-state index < -0.39 is 0 Å². The predicted molar refractivity (Wildman–Crippen MR) is 84.7 cm³/mol. The van der Waals surface area contributed by atoms with Gasteiger partial charge < -0.3 is 5.11 Å². The minimum absolute atomic E-state index is 0.351. The molecule has 5 nitrogen and oxygen atoms in total. The van der Waals surface area contributed by atoms with Gasteiger partial charge in [0.2, 0.25) is 0 Å². The van der Waals surface area contributed by atoms with Crippen LogP contribution < -0.4 is 9.67 Å². The van der Waals surface area contributed by atoms with Crippen LogP contribution in [-0.4, -0.2) is 16.3 Å². The second-order valence-corrected chi connectivity index (χ2v) is 6.10. The lowest BCUT2D eigenvalue weighted by Crippen LogP contribution is -2.31. The van der Waals surface area contributed by atoms with Crippen molar-refractivity contribution < 1.29 is 14.5 Å². The van der Waals surface area contributed by atoms with E-state index in [1.807, 2.05) is 49.1 Å². The third-order valence-corrected chi connectivity index (χ3v) is 4.31. The van der Waals surface area contributed by atoms with E-state index in [2.05, 4.69) is 9.97 Å². The topological polar surface area (TPSA) is 69.8 Å². The number of rotatable bonds is 6. The first-order chi connectivity index (χ1) is 11.3. The van der Waals surface area contributed by atoms with Crippen molar-refractivity contribution in [3.8, 4) is 11.0 Å². The predicted octanol–water partition coefficient (Wildman–Crippen LogP) is 1.88. The molecule has 23 heavy (non-hydrogen) atoms. The molecule has 0 saturated heterocycles. The molecule has 0 amide bonds. The van der Waals surface area contributed by atoms with Gasteiger partial charge >= 0.3 is 5.82 Å². The van der Waals surface area contributed by atoms with Gasteiger partial charge in [-0.25, -0.2) is 4.57 Å². The summed E-state index contributed by atoms with van der Waals surface area (Å²) in [5.41, 5.74) is 2.49. The Morgan fingerprint density at radius 2 is 1.74 bits per heavy atom. The van der Waals surface area contributed by atoms with Gasteiger partial charge in [-0.05, 0) is 59.6 Å². The highest BCUT2D eigenvalue weighted by atomic mass is 32.1. The number of carbonyl (C=O) groups excluding carboxylic acids is 1. The average molecular weight is 325 g/mol. The number of aromatic nitrogens is 3. The van der Waals surface area contributed by atoms with Gasteiger partial charge in [0, 0.05) is 12.4 Å². The molecule has 0 radical (unpaired) electrons. The monoisotopic (exact) mass is 325 g/mol. The van der Waals surface area contributed by atoms with Crippen molar-refractivity contribution >= 4 is 17.6 Å². The molecule has 0 unspecified atom stereocenters. The number of nitrogens with zero attached hydrogens (tertiary/aromatic N) is 3. The van der Waals surface area contributed by atoms with Crippen molar-refractivity contribution in [2.24, 2.45) is 0 Å². The molecule has 0 aliphatic heterocycles. The molecule has 3 aromatic rings. The SMILES string of the molecule is O=Cc1sc([O-])nc1-[n+]1ccc(CCCc2ccncc2)cc1. The van der Waals surface area contributed by atoms with Gasteiger partial charge in [-0.2, -0.15) is 0 Å². The Kier molecular flexibility index (Phi) is 4.73. The number of pyridine rings is 2. The van der Waals surface area contributed by atoms with E-state index in [0.717, 1.165) is 30.6 Å². The van der Waals surface area contributed by atoms with Crippen LogP contribution in [0.4, 0.5) is 0 Å². The van der Waals surface area contributed by atoms with Gasteiger partial charge in [-0.3, -0.25) is 9.78 Å². The third kappa shape index (κ3) is 3.78. The van der Waals surface area contributed by atoms with Crippen LogP contribution in [-0.2, 0) is 12.8 Å². The highest BCUT2D eigenvalue weighted by molar-refractivity contribution is 7.15. The highest BCUT2D eigenvalue weighted by Crippen LogP contribution is 2.19. The average Bonchev–Trinajstić information content (AvgIpc) is 2.97. The minimum atomic E-state index is -0.351. The van der Waals surface area contributed by atoms with Crippen LogP contribution in [0.1, 0.15) is 27.2 Å². The Balaban J connectivity index is 1.64. The van der Waals surface area contributed by atoms with Gasteiger partial charge in [-0.15, -0.1) is 0 Å². The molecular weight excluding hydrogens is 310 g/mol. The van der Waals surface area contributed by atoms with Gasteiger partial charge in [0.15, 0.2) is 16.4 Å². The second-order valence-electron chi connectivity index (χ2n) is 5.11. The van der Waals surface area contributed by atoms with Crippen LogP contribution in [0.3, 0.4) is 0 Å². The van der Waals surface area contributed by atoms with Crippen LogP contribution in [0.15, 0.2) is 49.1 Å². The van der Waals surface area contributed by atoms with Crippen LogP contribution in [0.25, 0.3) is 5.82 Å². The Morgan fingerprint density at radius 3 is 2.39 bits per heavy atom. The van der Waals surface area contributed by atoms with E-state index in [9.17, 15) is 9.90 Å². The van der Waals surface area contributed by atoms with Crippen molar-refractivity contribution in [2.45, 2.75) is 19.3 Å². The maximum Gasteiger partial charge on any atom is 0.348 e. The number of aryl methyl sites for hydroxylation is 2. The smallest absolute Gasteiger partial charge is 0.348 e. The van der Waals surface area contributed by atoms with E-state index in [4.69, 9.17) is 0 Å². The van der Waals surface area contributed by atoms with Gasteiger partial charge in [-0.1, -0.05) is 11.3 Å². The normalized spacial score (nSPS) is 10.6. The summed E-state index contributed by atoms with van der Waals surface area (Å²) in [4.78, 5) is 19.2. The van der Waals surface area contributed by atoms with Crippen molar-refractivity contribution in [3.63, 3.8) is 0 Å².